The molecule has 0 spiro atoms. The Morgan fingerprint density at radius 1 is 1.29 bits per heavy atom. The van der Waals surface area contributed by atoms with Gasteiger partial charge in [0.2, 0.25) is 0 Å². The van der Waals surface area contributed by atoms with E-state index in [1.807, 2.05) is 41.9 Å². The van der Waals surface area contributed by atoms with Gasteiger partial charge in [-0.1, -0.05) is 6.07 Å². The lowest BCUT2D eigenvalue weighted by Gasteiger charge is -2.08. The van der Waals surface area contributed by atoms with Crippen LogP contribution in [0.15, 0.2) is 48.0 Å². The van der Waals surface area contributed by atoms with Crippen LogP contribution < -0.4 is 10.6 Å². The van der Waals surface area contributed by atoms with Crippen molar-refractivity contribution in [2.75, 3.05) is 25.6 Å². The number of rotatable bonds is 7. The number of ether oxygens (including phenoxy) is 1. The summed E-state index contributed by atoms with van der Waals surface area (Å²) in [5.41, 5.74) is 1.93. The van der Waals surface area contributed by atoms with Crippen LogP contribution in [0.2, 0.25) is 0 Å². The maximum Gasteiger partial charge on any atom is 0.319 e. The van der Waals surface area contributed by atoms with Crippen LogP contribution in [0.25, 0.3) is 10.9 Å². The molecule has 0 aliphatic rings. The van der Waals surface area contributed by atoms with Crippen LogP contribution in [0.4, 0.5) is 10.5 Å². The summed E-state index contributed by atoms with van der Waals surface area (Å²) in [6.45, 7) is 2.12. The van der Waals surface area contributed by atoms with Crippen LogP contribution in [-0.4, -0.2) is 30.9 Å². The number of thiophene rings is 1. The molecule has 2 amide bonds. The SMILES string of the molecule is COCCn1ccc2cc(NC(=O)NCCc3cccs3)ccc21. The number of carbonyl (C=O) groups excluding carboxylic acids is 1. The Bertz CT molecular complexity index is 796. The molecule has 0 saturated heterocycles. The number of carbonyl (C=O) groups is 1. The van der Waals surface area contributed by atoms with E-state index >= 15 is 0 Å². The molecule has 0 atom stereocenters. The first-order valence-electron chi connectivity index (χ1n) is 7.91. The number of anilines is 1. The Morgan fingerprint density at radius 3 is 3.00 bits per heavy atom. The van der Waals surface area contributed by atoms with Crippen molar-refractivity contribution in [2.45, 2.75) is 13.0 Å². The van der Waals surface area contributed by atoms with Crippen LogP contribution in [0.5, 0.6) is 0 Å². The van der Waals surface area contributed by atoms with Gasteiger partial charge in [-0.15, -0.1) is 11.3 Å². The molecular formula is C18H21N3O2S. The lowest BCUT2D eigenvalue weighted by molar-refractivity contribution is 0.188. The van der Waals surface area contributed by atoms with Crippen LogP contribution in [0, 0.1) is 0 Å². The summed E-state index contributed by atoms with van der Waals surface area (Å²) >= 11 is 1.70. The fourth-order valence-electron chi connectivity index (χ4n) is 2.59. The lowest BCUT2D eigenvalue weighted by Crippen LogP contribution is -2.30. The fraction of sp³-hybridized carbons (Fsp3) is 0.278. The number of hydrogen-bond acceptors (Lipinski definition) is 3. The average Bonchev–Trinajstić information content (AvgIpc) is 3.22. The van der Waals surface area contributed by atoms with Gasteiger partial charge in [0.25, 0.3) is 0 Å². The van der Waals surface area contributed by atoms with Gasteiger partial charge in [0, 0.05) is 47.9 Å². The largest absolute Gasteiger partial charge is 0.383 e. The zero-order valence-electron chi connectivity index (χ0n) is 13.6. The first kappa shape index (κ1) is 16.5. The molecule has 0 bridgehead atoms. The molecule has 6 heteroatoms. The average molecular weight is 343 g/mol. The van der Waals surface area contributed by atoms with E-state index in [9.17, 15) is 4.79 Å². The highest BCUT2D eigenvalue weighted by atomic mass is 32.1. The van der Waals surface area contributed by atoms with E-state index < -0.39 is 0 Å². The molecule has 2 aromatic heterocycles. The van der Waals surface area contributed by atoms with Gasteiger partial charge in [-0.25, -0.2) is 4.79 Å². The summed E-state index contributed by atoms with van der Waals surface area (Å²) in [5, 5.41) is 8.92. The number of benzene rings is 1. The first-order valence-corrected chi connectivity index (χ1v) is 8.79. The van der Waals surface area contributed by atoms with E-state index in [0.29, 0.717) is 13.2 Å². The number of amides is 2. The molecule has 0 unspecified atom stereocenters. The number of hydrogen-bond donors (Lipinski definition) is 2. The van der Waals surface area contributed by atoms with Gasteiger partial charge in [0.1, 0.15) is 0 Å². The van der Waals surface area contributed by atoms with E-state index in [2.05, 4.69) is 21.3 Å². The Hall–Kier alpha value is -2.31. The second kappa shape index (κ2) is 7.99. The molecule has 5 nitrogen and oxygen atoms in total. The van der Waals surface area contributed by atoms with Gasteiger partial charge >= 0.3 is 6.03 Å². The van der Waals surface area contributed by atoms with Crippen LogP contribution in [0.3, 0.4) is 0 Å². The summed E-state index contributed by atoms with van der Waals surface area (Å²) in [6.07, 6.45) is 2.89. The number of nitrogens with zero attached hydrogens (tertiary/aromatic N) is 1. The van der Waals surface area contributed by atoms with Crippen molar-refractivity contribution in [3.8, 4) is 0 Å². The smallest absolute Gasteiger partial charge is 0.319 e. The summed E-state index contributed by atoms with van der Waals surface area (Å²) in [7, 11) is 1.70. The highest BCUT2D eigenvalue weighted by Crippen LogP contribution is 2.20. The minimum Gasteiger partial charge on any atom is -0.383 e. The molecule has 2 N–H and O–H groups in total. The van der Waals surface area contributed by atoms with Crippen molar-refractivity contribution in [3.63, 3.8) is 0 Å². The molecule has 3 rings (SSSR count). The predicted molar refractivity (Wildman–Crippen MR) is 98.9 cm³/mol. The molecule has 1 aromatic carbocycles. The van der Waals surface area contributed by atoms with Gasteiger partial charge in [-0.3, -0.25) is 0 Å². The van der Waals surface area contributed by atoms with Crippen molar-refractivity contribution in [2.24, 2.45) is 0 Å². The summed E-state index contributed by atoms with van der Waals surface area (Å²) in [5.74, 6) is 0. The van der Waals surface area contributed by atoms with E-state index in [0.717, 1.165) is 29.6 Å². The van der Waals surface area contributed by atoms with Gasteiger partial charge in [-0.2, -0.15) is 0 Å². The van der Waals surface area contributed by atoms with Crippen molar-refractivity contribution in [1.82, 2.24) is 9.88 Å². The second-order valence-corrected chi connectivity index (χ2v) is 6.52. The van der Waals surface area contributed by atoms with E-state index in [4.69, 9.17) is 4.74 Å². The number of urea groups is 1. The van der Waals surface area contributed by atoms with E-state index in [1.165, 1.54) is 4.88 Å². The van der Waals surface area contributed by atoms with Crippen LogP contribution in [0.1, 0.15) is 4.88 Å². The molecular weight excluding hydrogens is 322 g/mol. The van der Waals surface area contributed by atoms with Gasteiger partial charge in [-0.05, 0) is 42.1 Å². The minimum absolute atomic E-state index is 0.176. The second-order valence-electron chi connectivity index (χ2n) is 5.49. The standard InChI is InChI=1S/C18H21N3O2S/c1-23-11-10-21-9-7-14-13-15(4-5-17(14)21)20-18(22)19-8-6-16-3-2-12-24-16/h2-5,7,9,12-13H,6,8,10-11H2,1H3,(H2,19,20,22). The van der Waals surface area contributed by atoms with Crippen LogP contribution in [-0.2, 0) is 17.7 Å². The zero-order valence-corrected chi connectivity index (χ0v) is 14.4. The molecule has 126 valence electrons. The number of nitrogens with one attached hydrogen (secondary N) is 2. The summed E-state index contributed by atoms with van der Waals surface area (Å²) in [4.78, 5) is 13.3. The Balaban J connectivity index is 1.55. The number of methoxy groups -OCH3 is 1. The van der Waals surface area contributed by atoms with Crippen LogP contribution >= 0.6 is 11.3 Å². The highest BCUT2D eigenvalue weighted by molar-refractivity contribution is 7.09. The maximum atomic E-state index is 12.0. The topological polar surface area (TPSA) is 55.3 Å². The van der Waals surface area contributed by atoms with Gasteiger partial charge < -0.3 is 19.9 Å². The monoisotopic (exact) mass is 343 g/mol. The molecule has 2 heterocycles. The third-order valence-electron chi connectivity index (χ3n) is 3.80. The van der Waals surface area contributed by atoms with Crippen molar-refractivity contribution in [1.29, 1.82) is 0 Å². The van der Waals surface area contributed by atoms with Crippen molar-refractivity contribution < 1.29 is 9.53 Å². The fourth-order valence-corrected chi connectivity index (χ4v) is 3.30. The maximum absolute atomic E-state index is 12.0. The molecule has 0 aliphatic carbocycles. The quantitative estimate of drug-likeness (QED) is 0.687. The Morgan fingerprint density at radius 2 is 2.21 bits per heavy atom. The molecule has 0 fully saturated rings. The summed E-state index contributed by atoms with van der Waals surface area (Å²) < 4.78 is 7.26. The lowest BCUT2D eigenvalue weighted by atomic mass is 10.2. The molecule has 3 aromatic rings. The zero-order chi connectivity index (χ0) is 16.8. The van der Waals surface area contributed by atoms with Crippen molar-refractivity contribution >= 4 is 34.0 Å². The minimum atomic E-state index is -0.176. The Kier molecular flexibility index (Phi) is 5.51. The third kappa shape index (κ3) is 4.15. The number of aromatic nitrogens is 1. The molecule has 0 aliphatic heterocycles. The van der Waals surface area contributed by atoms with Crippen molar-refractivity contribution in [3.05, 3.63) is 52.9 Å². The normalized spacial score (nSPS) is 10.9. The summed E-state index contributed by atoms with van der Waals surface area (Å²) in [6, 6.07) is 11.9. The molecule has 0 radical (unpaired) electrons. The molecule has 24 heavy (non-hydrogen) atoms. The third-order valence-corrected chi connectivity index (χ3v) is 4.74. The van der Waals surface area contributed by atoms with Gasteiger partial charge in [0.15, 0.2) is 0 Å². The van der Waals surface area contributed by atoms with Gasteiger partial charge in [0.05, 0.1) is 6.61 Å². The molecule has 0 saturated carbocycles. The highest BCUT2D eigenvalue weighted by Gasteiger charge is 2.05. The Labute approximate surface area is 145 Å². The first-order chi connectivity index (χ1) is 11.8. The van der Waals surface area contributed by atoms with E-state index in [1.54, 1.807) is 18.4 Å². The number of fused-ring (bicyclic) bond motifs is 1. The van der Waals surface area contributed by atoms with E-state index in [-0.39, 0.29) is 6.03 Å². The predicted octanol–water partition coefficient (Wildman–Crippen LogP) is 3.71.